The van der Waals surface area contributed by atoms with Crippen LogP contribution in [0, 0.1) is 11.8 Å². The number of carbonyl (C=O) groups is 3. The van der Waals surface area contributed by atoms with Crippen LogP contribution in [0.2, 0.25) is 25.7 Å². The van der Waals surface area contributed by atoms with Gasteiger partial charge in [0.25, 0.3) is 11.8 Å². The Labute approximate surface area is 179 Å². The van der Waals surface area contributed by atoms with Crippen molar-refractivity contribution in [2.75, 3.05) is 13.3 Å². The summed E-state index contributed by atoms with van der Waals surface area (Å²) in [7, 11) is -1.25. The largest absolute Gasteiger partial charge is 0.361 e. The SMILES string of the molecule is CCC#Cc1ccc2c(c1)CN(C1CCC(=O)N(COCC[Si](C)(C)C)C1=O)C2=O. The molecular formula is C23H30N2O4Si. The first-order chi connectivity index (χ1) is 14.2. The molecule has 0 spiro atoms. The van der Waals surface area contributed by atoms with Gasteiger partial charge in [-0.2, -0.15) is 0 Å². The Bertz CT molecular complexity index is 910. The van der Waals surface area contributed by atoms with Gasteiger partial charge in [0.15, 0.2) is 0 Å². The predicted octanol–water partition coefficient (Wildman–Crippen LogP) is 3.23. The molecule has 7 heteroatoms. The van der Waals surface area contributed by atoms with Gasteiger partial charge in [0.2, 0.25) is 5.91 Å². The summed E-state index contributed by atoms with van der Waals surface area (Å²) >= 11 is 0. The van der Waals surface area contributed by atoms with E-state index in [1.165, 1.54) is 4.90 Å². The summed E-state index contributed by atoms with van der Waals surface area (Å²) < 4.78 is 5.64. The molecule has 30 heavy (non-hydrogen) atoms. The van der Waals surface area contributed by atoms with E-state index in [9.17, 15) is 14.4 Å². The average Bonchev–Trinajstić information content (AvgIpc) is 3.00. The number of ether oxygens (including phenoxy) is 1. The molecule has 1 saturated heterocycles. The summed E-state index contributed by atoms with van der Waals surface area (Å²) in [5.41, 5.74) is 2.36. The Morgan fingerprint density at radius 2 is 1.97 bits per heavy atom. The molecule has 0 saturated carbocycles. The topological polar surface area (TPSA) is 66.9 Å². The molecule has 1 fully saturated rings. The molecule has 0 N–H and O–H groups in total. The van der Waals surface area contributed by atoms with Gasteiger partial charge in [-0.3, -0.25) is 19.3 Å². The van der Waals surface area contributed by atoms with Crippen molar-refractivity contribution >= 4 is 25.8 Å². The number of likely N-dealkylation sites (tertiary alicyclic amines) is 1. The summed E-state index contributed by atoms with van der Waals surface area (Å²) in [5, 5.41) is 0. The molecule has 1 aromatic rings. The Balaban J connectivity index is 1.68. The number of piperidine rings is 1. The molecule has 0 aliphatic carbocycles. The van der Waals surface area contributed by atoms with Crippen LogP contribution in [0.4, 0.5) is 0 Å². The zero-order chi connectivity index (χ0) is 21.9. The van der Waals surface area contributed by atoms with Crippen molar-refractivity contribution in [2.45, 2.75) is 64.5 Å². The number of hydrogen-bond acceptors (Lipinski definition) is 4. The third-order valence-corrected chi connectivity index (χ3v) is 7.13. The van der Waals surface area contributed by atoms with Gasteiger partial charge in [-0.05, 0) is 36.2 Å². The van der Waals surface area contributed by atoms with Crippen LogP contribution in [0.1, 0.15) is 47.7 Å². The normalized spacial score (nSPS) is 19.1. The molecule has 3 amide bonds. The predicted molar refractivity (Wildman–Crippen MR) is 117 cm³/mol. The Morgan fingerprint density at radius 1 is 1.20 bits per heavy atom. The van der Waals surface area contributed by atoms with Crippen LogP contribution in [-0.2, 0) is 20.9 Å². The lowest BCUT2D eigenvalue weighted by Gasteiger charge is -2.35. The van der Waals surface area contributed by atoms with Gasteiger partial charge < -0.3 is 9.64 Å². The van der Waals surface area contributed by atoms with Crippen LogP contribution in [0.25, 0.3) is 0 Å². The molecular weight excluding hydrogens is 396 g/mol. The van der Waals surface area contributed by atoms with E-state index in [1.54, 1.807) is 11.0 Å². The number of benzene rings is 1. The number of hydrogen-bond donors (Lipinski definition) is 0. The Kier molecular flexibility index (Phi) is 6.79. The summed E-state index contributed by atoms with van der Waals surface area (Å²) in [4.78, 5) is 41.0. The lowest BCUT2D eigenvalue weighted by Crippen LogP contribution is -2.55. The molecule has 0 aromatic heterocycles. The van der Waals surface area contributed by atoms with Crippen molar-refractivity contribution in [1.29, 1.82) is 0 Å². The van der Waals surface area contributed by atoms with Crippen LogP contribution >= 0.6 is 0 Å². The summed E-state index contributed by atoms with van der Waals surface area (Å²) in [6.07, 6.45) is 1.36. The van der Waals surface area contributed by atoms with Crippen molar-refractivity contribution in [1.82, 2.24) is 9.80 Å². The van der Waals surface area contributed by atoms with Gasteiger partial charge in [0, 0.05) is 45.2 Å². The summed E-state index contributed by atoms with van der Waals surface area (Å²) in [5.74, 6) is 5.38. The number of imide groups is 1. The third-order valence-electron chi connectivity index (χ3n) is 5.42. The van der Waals surface area contributed by atoms with Crippen LogP contribution in [0.15, 0.2) is 18.2 Å². The molecule has 160 valence electrons. The molecule has 0 radical (unpaired) electrons. The second kappa shape index (κ2) is 9.15. The average molecular weight is 427 g/mol. The van der Waals surface area contributed by atoms with Gasteiger partial charge >= 0.3 is 0 Å². The number of nitrogens with zero attached hydrogens (tertiary/aromatic N) is 2. The van der Waals surface area contributed by atoms with E-state index in [2.05, 4.69) is 31.5 Å². The van der Waals surface area contributed by atoms with Crippen LogP contribution in [0.5, 0.6) is 0 Å². The van der Waals surface area contributed by atoms with Gasteiger partial charge in [-0.1, -0.05) is 38.4 Å². The highest BCUT2D eigenvalue weighted by Crippen LogP contribution is 2.29. The standard InChI is InChI=1S/C23H30N2O4Si/c1-5-6-7-17-8-9-19-18(14-17)15-24(22(19)27)20-10-11-21(26)25(23(20)28)16-29-12-13-30(2,3)4/h8-9,14,20H,5,10-13,15-16H2,1-4H3. The summed E-state index contributed by atoms with van der Waals surface area (Å²) in [6.45, 7) is 9.60. The van der Waals surface area contributed by atoms with Gasteiger partial charge in [0.1, 0.15) is 12.8 Å². The maximum Gasteiger partial charge on any atom is 0.255 e. The van der Waals surface area contributed by atoms with E-state index in [4.69, 9.17) is 4.74 Å². The monoisotopic (exact) mass is 426 g/mol. The zero-order valence-electron chi connectivity index (χ0n) is 18.3. The van der Waals surface area contributed by atoms with E-state index in [-0.39, 0.29) is 30.9 Å². The first-order valence-corrected chi connectivity index (χ1v) is 14.3. The Morgan fingerprint density at radius 3 is 2.67 bits per heavy atom. The van der Waals surface area contributed by atoms with Gasteiger partial charge in [0.05, 0.1) is 0 Å². The minimum absolute atomic E-state index is 0.0373. The Hall–Kier alpha value is -2.43. The first-order valence-electron chi connectivity index (χ1n) is 10.6. The fourth-order valence-corrected chi connectivity index (χ4v) is 4.40. The zero-order valence-corrected chi connectivity index (χ0v) is 19.3. The fourth-order valence-electron chi connectivity index (χ4n) is 3.64. The molecule has 2 aliphatic heterocycles. The maximum absolute atomic E-state index is 13.0. The van der Waals surface area contributed by atoms with Crippen molar-refractivity contribution in [3.8, 4) is 11.8 Å². The molecule has 6 nitrogen and oxygen atoms in total. The smallest absolute Gasteiger partial charge is 0.255 e. The molecule has 3 rings (SSSR count). The van der Waals surface area contributed by atoms with E-state index in [0.29, 0.717) is 25.1 Å². The van der Waals surface area contributed by atoms with E-state index < -0.39 is 14.1 Å². The number of carbonyl (C=O) groups excluding carboxylic acids is 3. The van der Waals surface area contributed by atoms with Crippen LogP contribution < -0.4 is 0 Å². The second-order valence-corrected chi connectivity index (χ2v) is 14.6. The fraction of sp³-hybridized carbons (Fsp3) is 0.522. The highest BCUT2D eigenvalue weighted by Gasteiger charge is 2.42. The van der Waals surface area contributed by atoms with Gasteiger partial charge in [-0.15, -0.1) is 0 Å². The van der Waals surface area contributed by atoms with Crippen LogP contribution in [-0.4, -0.2) is 55.0 Å². The van der Waals surface area contributed by atoms with Crippen molar-refractivity contribution in [3.63, 3.8) is 0 Å². The molecule has 2 heterocycles. The van der Waals surface area contributed by atoms with E-state index >= 15 is 0 Å². The van der Waals surface area contributed by atoms with Crippen molar-refractivity contribution in [3.05, 3.63) is 34.9 Å². The van der Waals surface area contributed by atoms with E-state index in [0.717, 1.165) is 23.6 Å². The minimum atomic E-state index is -1.25. The molecule has 0 bridgehead atoms. The molecule has 1 atom stereocenters. The molecule has 1 aromatic carbocycles. The highest BCUT2D eigenvalue weighted by molar-refractivity contribution is 6.76. The summed E-state index contributed by atoms with van der Waals surface area (Å²) in [6, 6.07) is 5.89. The van der Waals surface area contributed by atoms with Crippen LogP contribution in [0.3, 0.4) is 0 Å². The highest BCUT2D eigenvalue weighted by atomic mass is 28.3. The maximum atomic E-state index is 13.0. The first kappa shape index (κ1) is 22.3. The van der Waals surface area contributed by atoms with Crippen molar-refractivity contribution in [2.24, 2.45) is 0 Å². The van der Waals surface area contributed by atoms with Crippen molar-refractivity contribution < 1.29 is 19.1 Å². The number of rotatable bonds is 6. The quantitative estimate of drug-likeness (QED) is 0.303. The molecule has 2 aliphatic rings. The number of fused-ring (bicyclic) bond motifs is 1. The minimum Gasteiger partial charge on any atom is -0.361 e. The van der Waals surface area contributed by atoms with Gasteiger partial charge in [-0.25, -0.2) is 0 Å². The second-order valence-electron chi connectivity index (χ2n) is 9.02. The molecule has 1 unspecified atom stereocenters. The van der Waals surface area contributed by atoms with E-state index in [1.807, 2.05) is 19.1 Å². The lowest BCUT2D eigenvalue weighted by molar-refractivity contribution is -0.158. The number of amides is 3. The third kappa shape index (κ3) is 5.00. The lowest BCUT2D eigenvalue weighted by atomic mass is 10.0.